The Hall–Kier alpha value is -3.36. The first-order valence-corrected chi connectivity index (χ1v) is 15.0. The van der Waals surface area contributed by atoms with Gasteiger partial charge in [0.05, 0.1) is 25.4 Å². The minimum Gasteiger partial charge on any atom is -0.394 e. The molecule has 8 nitrogen and oxygen atoms in total. The summed E-state index contributed by atoms with van der Waals surface area (Å²) in [6.45, 7) is 4.93. The van der Waals surface area contributed by atoms with Crippen molar-refractivity contribution in [2.45, 2.75) is 70.7 Å². The van der Waals surface area contributed by atoms with Gasteiger partial charge in [-0.15, -0.1) is 0 Å². The lowest BCUT2D eigenvalue weighted by atomic mass is 9.96. The van der Waals surface area contributed by atoms with E-state index in [1.807, 2.05) is 55.9 Å². The molecule has 220 valence electrons. The average molecular weight is 561 g/mol. The summed E-state index contributed by atoms with van der Waals surface area (Å²) in [5, 5.41) is 14.4. The summed E-state index contributed by atoms with van der Waals surface area (Å²) in [6, 6.07) is 15.9. The Labute approximate surface area is 243 Å². The van der Waals surface area contributed by atoms with Gasteiger partial charge in [0.25, 0.3) is 5.91 Å². The Balaban J connectivity index is 1.52. The maximum atomic E-state index is 14.5. The second kappa shape index (κ2) is 12.7. The average Bonchev–Trinajstić information content (AvgIpc) is 3.28. The van der Waals surface area contributed by atoms with Crippen molar-refractivity contribution in [3.63, 3.8) is 0 Å². The highest BCUT2D eigenvalue weighted by Gasteiger charge is 2.34. The van der Waals surface area contributed by atoms with E-state index in [9.17, 15) is 14.7 Å². The number of hydrogen-bond acceptors (Lipinski definition) is 4. The minimum atomic E-state index is -0.389. The number of para-hydroxylation sites is 1. The quantitative estimate of drug-likeness (QED) is 0.450. The predicted octanol–water partition coefficient (Wildman–Crippen LogP) is 5.18. The number of urea groups is 1. The van der Waals surface area contributed by atoms with Crippen LogP contribution in [0.3, 0.4) is 0 Å². The molecule has 2 aromatic carbocycles. The fraction of sp³-hybridized carbons (Fsp3) is 0.515. The topological polar surface area (TPSA) is 87.0 Å². The fourth-order valence-electron chi connectivity index (χ4n) is 6.41. The Morgan fingerprint density at radius 1 is 1.12 bits per heavy atom. The standard InChI is InChI=1S/C33H44N4O4/c1-22-18-37(23(2)20-38)32(39)31-30(27-16-10-11-17-28(27)36(31)4)26-15-9-8-12-24(26)21-41-29(22)19-35(3)33(40)34-25-13-6-5-7-14-25/h8-12,15-17,22-23,25,29,38H,5-7,13-14,18-21H2,1-4H3,(H,34,40)/t22-,23+,29+/m0/s1. The first-order chi connectivity index (χ1) is 19.8. The molecular weight excluding hydrogens is 516 g/mol. The monoisotopic (exact) mass is 560 g/mol. The Morgan fingerprint density at radius 3 is 2.59 bits per heavy atom. The highest BCUT2D eigenvalue weighted by atomic mass is 16.5. The van der Waals surface area contributed by atoms with E-state index in [0.717, 1.165) is 53.3 Å². The van der Waals surface area contributed by atoms with Crippen LogP contribution in [0.15, 0.2) is 48.5 Å². The van der Waals surface area contributed by atoms with Gasteiger partial charge in [-0.05, 0) is 37.0 Å². The van der Waals surface area contributed by atoms with E-state index >= 15 is 0 Å². The van der Waals surface area contributed by atoms with Crippen molar-refractivity contribution in [3.8, 4) is 11.1 Å². The molecule has 0 saturated heterocycles. The van der Waals surface area contributed by atoms with Crippen LogP contribution in [-0.4, -0.2) is 76.3 Å². The summed E-state index contributed by atoms with van der Waals surface area (Å²) in [5.74, 6) is -0.216. The summed E-state index contributed by atoms with van der Waals surface area (Å²) in [5.41, 5.74) is 4.42. The highest BCUT2D eigenvalue weighted by Crippen LogP contribution is 2.38. The molecule has 0 radical (unpaired) electrons. The van der Waals surface area contributed by atoms with E-state index in [0.29, 0.717) is 25.4 Å². The van der Waals surface area contributed by atoms with Gasteiger partial charge >= 0.3 is 6.03 Å². The number of aryl methyl sites for hydroxylation is 1. The minimum absolute atomic E-state index is 0.0852. The van der Waals surface area contributed by atoms with Gasteiger partial charge in [0.2, 0.25) is 0 Å². The molecule has 3 aromatic rings. The van der Waals surface area contributed by atoms with E-state index in [2.05, 4.69) is 30.4 Å². The predicted molar refractivity (Wildman–Crippen MR) is 162 cm³/mol. The van der Waals surface area contributed by atoms with Crippen molar-refractivity contribution in [3.05, 3.63) is 59.8 Å². The molecule has 2 heterocycles. The van der Waals surface area contributed by atoms with Crippen LogP contribution >= 0.6 is 0 Å². The van der Waals surface area contributed by atoms with Gasteiger partial charge in [-0.25, -0.2) is 4.79 Å². The van der Waals surface area contributed by atoms with Crippen LogP contribution in [0.25, 0.3) is 22.0 Å². The molecule has 1 aliphatic carbocycles. The van der Waals surface area contributed by atoms with Crippen LogP contribution in [0.4, 0.5) is 4.79 Å². The molecule has 3 amide bonds. The van der Waals surface area contributed by atoms with Gasteiger partial charge in [0.15, 0.2) is 0 Å². The van der Waals surface area contributed by atoms with Crippen LogP contribution in [0, 0.1) is 5.92 Å². The number of benzene rings is 2. The van der Waals surface area contributed by atoms with Gasteiger partial charge in [-0.1, -0.05) is 68.7 Å². The molecule has 2 aliphatic rings. The third-order valence-electron chi connectivity index (χ3n) is 8.96. The molecule has 5 rings (SSSR count). The van der Waals surface area contributed by atoms with Crippen molar-refractivity contribution < 1.29 is 19.4 Å². The van der Waals surface area contributed by atoms with Gasteiger partial charge in [0.1, 0.15) is 5.69 Å². The molecule has 1 saturated carbocycles. The molecular formula is C33H44N4O4. The van der Waals surface area contributed by atoms with E-state index in [4.69, 9.17) is 4.74 Å². The summed E-state index contributed by atoms with van der Waals surface area (Å²) in [7, 11) is 3.75. The van der Waals surface area contributed by atoms with Crippen molar-refractivity contribution >= 4 is 22.8 Å². The lowest BCUT2D eigenvalue weighted by Crippen LogP contribution is -2.50. The number of ether oxygens (including phenoxy) is 1. The van der Waals surface area contributed by atoms with Crippen molar-refractivity contribution in [1.82, 2.24) is 19.7 Å². The molecule has 1 aliphatic heterocycles. The Morgan fingerprint density at radius 2 is 1.83 bits per heavy atom. The van der Waals surface area contributed by atoms with Crippen molar-refractivity contribution in [1.29, 1.82) is 0 Å². The molecule has 3 atom stereocenters. The second-order valence-electron chi connectivity index (χ2n) is 11.9. The van der Waals surface area contributed by atoms with Gasteiger partial charge in [0, 0.05) is 55.6 Å². The molecule has 2 N–H and O–H groups in total. The van der Waals surface area contributed by atoms with Crippen LogP contribution in [0.5, 0.6) is 0 Å². The SMILES string of the molecule is C[C@H](CO)N1C[C@H](C)[C@@H](CN(C)C(=O)NC2CCCCC2)OCc2ccccc2-c2c(n(C)c3ccccc23)C1=O. The molecule has 0 unspecified atom stereocenters. The number of likely N-dealkylation sites (N-methyl/N-ethyl adjacent to an activating group) is 1. The Bertz CT molecular complexity index is 1380. The number of carbonyl (C=O) groups is 2. The summed E-state index contributed by atoms with van der Waals surface area (Å²) >= 11 is 0. The summed E-state index contributed by atoms with van der Waals surface area (Å²) in [6.07, 6.45) is 5.28. The zero-order valence-corrected chi connectivity index (χ0v) is 24.8. The molecule has 0 bridgehead atoms. The number of aliphatic hydroxyl groups is 1. The molecule has 1 aromatic heterocycles. The smallest absolute Gasteiger partial charge is 0.317 e. The maximum absolute atomic E-state index is 14.5. The van der Waals surface area contributed by atoms with E-state index in [-0.39, 0.29) is 42.7 Å². The number of rotatable bonds is 5. The lowest BCUT2D eigenvalue weighted by Gasteiger charge is -2.35. The lowest BCUT2D eigenvalue weighted by molar-refractivity contribution is -0.0186. The van der Waals surface area contributed by atoms with Crippen LogP contribution in [0.1, 0.15) is 62.0 Å². The van der Waals surface area contributed by atoms with Crippen LogP contribution in [-0.2, 0) is 18.4 Å². The first kappa shape index (κ1) is 29.1. The number of hydrogen-bond donors (Lipinski definition) is 2. The first-order valence-electron chi connectivity index (χ1n) is 15.0. The highest BCUT2D eigenvalue weighted by molar-refractivity contribution is 6.10. The summed E-state index contributed by atoms with van der Waals surface area (Å²) < 4.78 is 8.60. The molecule has 41 heavy (non-hydrogen) atoms. The third kappa shape index (κ3) is 5.99. The zero-order valence-electron chi connectivity index (χ0n) is 24.8. The van der Waals surface area contributed by atoms with E-state index < -0.39 is 0 Å². The number of nitrogens with zero attached hydrogens (tertiary/aromatic N) is 3. The van der Waals surface area contributed by atoms with E-state index in [1.165, 1.54) is 6.42 Å². The number of amides is 3. The maximum Gasteiger partial charge on any atom is 0.317 e. The number of nitrogens with one attached hydrogen (secondary N) is 1. The molecule has 1 fully saturated rings. The summed E-state index contributed by atoms with van der Waals surface area (Å²) in [4.78, 5) is 31.1. The largest absolute Gasteiger partial charge is 0.394 e. The number of aliphatic hydroxyl groups excluding tert-OH is 1. The number of fused-ring (bicyclic) bond motifs is 5. The molecule has 0 spiro atoms. The van der Waals surface area contributed by atoms with Gasteiger partial charge < -0.3 is 29.5 Å². The van der Waals surface area contributed by atoms with Gasteiger partial charge in [-0.2, -0.15) is 0 Å². The van der Waals surface area contributed by atoms with E-state index in [1.54, 1.807) is 9.80 Å². The second-order valence-corrected chi connectivity index (χ2v) is 11.9. The third-order valence-corrected chi connectivity index (χ3v) is 8.96. The fourth-order valence-corrected chi connectivity index (χ4v) is 6.41. The number of aromatic nitrogens is 1. The normalized spacial score (nSPS) is 21.1. The van der Waals surface area contributed by atoms with Crippen molar-refractivity contribution in [2.75, 3.05) is 26.7 Å². The van der Waals surface area contributed by atoms with Crippen molar-refractivity contribution in [2.24, 2.45) is 13.0 Å². The number of carbonyl (C=O) groups excluding carboxylic acids is 2. The molecule has 8 heteroatoms. The van der Waals surface area contributed by atoms with Crippen LogP contribution in [0.2, 0.25) is 0 Å². The van der Waals surface area contributed by atoms with Gasteiger partial charge in [-0.3, -0.25) is 4.79 Å². The Kier molecular flexibility index (Phi) is 9.00. The zero-order chi connectivity index (χ0) is 29.1. The van der Waals surface area contributed by atoms with Crippen LogP contribution < -0.4 is 5.32 Å².